The van der Waals surface area contributed by atoms with E-state index in [4.69, 9.17) is 0 Å². The van der Waals surface area contributed by atoms with Crippen molar-refractivity contribution in [2.45, 2.75) is 26.1 Å². The third-order valence-electron chi connectivity index (χ3n) is 6.08. The van der Waals surface area contributed by atoms with Gasteiger partial charge in [-0.2, -0.15) is 18.3 Å². The second-order valence-corrected chi connectivity index (χ2v) is 8.23. The van der Waals surface area contributed by atoms with E-state index in [2.05, 4.69) is 26.9 Å². The van der Waals surface area contributed by atoms with Crippen molar-refractivity contribution in [2.24, 2.45) is 0 Å². The summed E-state index contributed by atoms with van der Waals surface area (Å²) < 4.78 is 55.9. The third-order valence-corrected chi connectivity index (χ3v) is 6.08. The molecule has 3 heterocycles. The average Bonchev–Trinajstić information content (AvgIpc) is 3.13. The summed E-state index contributed by atoms with van der Waals surface area (Å²) in [6.07, 6.45) is -4.50. The van der Waals surface area contributed by atoms with Gasteiger partial charge in [0.1, 0.15) is 11.5 Å². The number of aromatic nitrogens is 3. The van der Waals surface area contributed by atoms with Gasteiger partial charge >= 0.3 is 6.18 Å². The van der Waals surface area contributed by atoms with Crippen LogP contribution in [0.2, 0.25) is 0 Å². The first-order chi connectivity index (χ1) is 15.6. The van der Waals surface area contributed by atoms with Gasteiger partial charge in [-0.1, -0.05) is 13.0 Å². The summed E-state index contributed by atoms with van der Waals surface area (Å²) in [4.78, 5) is 20.3. The van der Waals surface area contributed by atoms with Crippen LogP contribution in [0, 0.1) is 5.82 Å². The summed E-state index contributed by atoms with van der Waals surface area (Å²) in [7, 11) is 2.05. The standard InChI is InChI=1S/C22H25F4N5O2/c1-3-15-16-19(32)20(33)18(13-5-4-6-14(17(13)23)22(24,25)26)27-21(16)31(28-15)12-11-30-9-7-29(2)8-10-30/h4-6,33H,3,7-12H2,1-2H3,(H,27,32). The van der Waals surface area contributed by atoms with Gasteiger partial charge in [-0.25, -0.2) is 9.07 Å². The maximum Gasteiger partial charge on any atom is 0.419 e. The van der Waals surface area contributed by atoms with E-state index in [0.717, 1.165) is 38.3 Å². The highest BCUT2D eigenvalue weighted by Crippen LogP contribution is 2.37. The van der Waals surface area contributed by atoms with Gasteiger partial charge in [-0.15, -0.1) is 0 Å². The van der Waals surface area contributed by atoms with E-state index >= 15 is 0 Å². The lowest BCUT2D eigenvalue weighted by Gasteiger charge is -2.32. The molecule has 0 radical (unpaired) electrons. The Labute approximate surface area is 187 Å². The number of likely N-dealkylation sites (N-methyl/N-ethyl adjacent to an activating group) is 1. The van der Waals surface area contributed by atoms with E-state index in [1.165, 1.54) is 0 Å². The fraction of sp³-hybridized carbons (Fsp3) is 0.455. The lowest BCUT2D eigenvalue weighted by molar-refractivity contribution is -0.139. The summed E-state index contributed by atoms with van der Waals surface area (Å²) in [6.45, 7) is 6.52. The van der Waals surface area contributed by atoms with Crippen molar-refractivity contribution in [3.63, 3.8) is 0 Å². The summed E-state index contributed by atoms with van der Waals surface area (Å²) in [5.41, 5.74) is -2.51. The highest BCUT2D eigenvalue weighted by molar-refractivity contribution is 5.84. The minimum atomic E-state index is -4.92. The molecule has 0 amide bonds. The molecule has 1 aliphatic heterocycles. The monoisotopic (exact) mass is 467 g/mol. The number of pyridine rings is 1. The summed E-state index contributed by atoms with van der Waals surface area (Å²) >= 11 is 0. The van der Waals surface area contributed by atoms with Gasteiger partial charge in [-0.05, 0) is 25.6 Å². The Morgan fingerprint density at radius 1 is 1.15 bits per heavy atom. The zero-order valence-electron chi connectivity index (χ0n) is 18.3. The number of piperazine rings is 1. The summed E-state index contributed by atoms with van der Waals surface area (Å²) in [6, 6.07) is 2.74. The van der Waals surface area contributed by atoms with Crippen LogP contribution in [-0.2, 0) is 19.1 Å². The zero-order valence-corrected chi connectivity index (χ0v) is 18.3. The molecule has 178 valence electrons. The van der Waals surface area contributed by atoms with Gasteiger partial charge in [0.25, 0.3) is 0 Å². The predicted molar refractivity (Wildman–Crippen MR) is 116 cm³/mol. The molecule has 2 N–H and O–H groups in total. The first-order valence-electron chi connectivity index (χ1n) is 10.7. The minimum Gasteiger partial charge on any atom is -0.503 e. The van der Waals surface area contributed by atoms with Crippen molar-refractivity contribution in [3.05, 3.63) is 45.5 Å². The van der Waals surface area contributed by atoms with Crippen molar-refractivity contribution < 1.29 is 22.7 Å². The first kappa shape index (κ1) is 23.2. The minimum absolute atomic E-state index is 0.157. The molecule has 0 saturated carbocycles. The highest BCUT2D eigenvalue weighted by atomic mass is 19.4. The quantitative estimate of drug-likeness (QED) is 0.564. The Balaban J connectivity index is 1.79. The van der Waals surface area contributed by atoms with Crippen LogP contribution >= 0.6 is 0 Å². The number of hydrogen-bond donors (Lipinski definition) is 2. The molecule has 0 atom stereocenters. The van der Waals surface area contributed by atoms with E-state index in [1.54, 1.807) is 4.68 Å². The average molecular weight is 467 g/mol. The van der Waals surface area contributed by atoms with Crippen molar-refractivity contribution in [2.75, 3.05) is 39.8 Å². The van der Waals surface area contributed by atoms with Crippen LogP contribution in [0.1, 0.15) is 18.2 Å². The number of H-pyrrole nitrogens is 1. The SMILES string of the molecule is CCc1nn(CCN2CCN(C)CC2)c2[nH]c(-c3cccc(C(F)(F)F)c3F)c(O)c(=O)c12. The Hall–Kier alpha value is -2.92. The maximum atomic E-state index is 14.8. The van der Waals surface area contributed by atoms with Crippen LogP contribution in [0.3, 0.4) is 0 Å². The summed E-state index contributed by atoms with van der Waals surface area (Å²) in [5, 5.41) is 15.2. The molecule has 11 heteroatoms. The molecule has 0 spiro atoms. The van der Waals surface area contributed by atoms with E-state index in [0.29, 0.717) is 31.3 Å². The van der Waals surface area contributed by atoms with Crippen LogP contribution < -0.4 is 5.43 Å². The number of aromatic amines is 1. The van der Waals surface area contributed by atoms with Crippen LogP contribution in [0.4, 0.5) is 17.6 Å². The number of hydrogen-bond acceptors (Lipinski definition) is 5. The number of aryl methyl sites for hydroxylation is 1. The predicted octanol–water partition coefficient (Wildman–Crippen LogP) is 3.06. The lowest BCUT2D eigenvalue weighted by Crippen LogP contribution is -2.45. The molecule has 7 nitrogen and oxygen atoms in total. The van der Waals surface area contributed by atoms with E-state index in [1.807, 2.05) is 6.92 Å². The lowest BCUT2D eigenvalue weighted by atomic mass is 10.0. The Kier molecular flexibility index (Phi) is 6.19. The Morgan fingerprint density at radius 2 is 1.85 bits per heavy atom. The molecule has 0 unspecified atom stereocenters. The normalized spacial score (nSPS) is 16.1. The number of rotatable bonds is 5. The van der Waals surface area contributed by atoms with Gasteiger partial charge < -0.3 is 15.0 Å². The second kappa shape index (κ2) is 8.79. The number of halogens is 4. The van der Waals surface area contributed by atoms with Crippen molar-refractivity contribution >= 4 is 11.0 Å². The number of aromatic hydroxyl groups is 1. The molecule has 1 fully saturated rings. The molecule has 1 saturated heterocycles. The van der Waals surface area contributed by atoms with Crippen LogP contribution in [-0.4, -0.2) is 69.4 Å². The highest BCUT2D eigenvalue weighted by Gasteiger charge is 2.35. The van der Waals surface area contributed by atoms with Crippen LogP contribution in [0.25, 0.3) is 22.3 Å². The van der Waals surface area contributed by atoms with Gasteiger partial charge in [0, 0.05) is 38.3 Å². The summed E-state index contributed by atoms with van der Waals surface area (Å²) in [5.74, 6) is -2.40. The molecule has 3 aromatic rings. The molecule has 0 bridgehead atoms. The van der Waals surface area contributed by atoms with E-state index in [9.17, 15) is 27.5 Å². The number of benzene rings is 1. The van der Waals surface area contributed by atoms with Crippen LogP contribution in [0.15, 0.2) is 23.0 Å². The van der Waals surface area contributed by atoms with Gasteiger partial charge in [-0.3, -0.25) is 9.69 Å². The molecule has 4 rings (SSSR count). The molecule has 2 aromatic heterocycles. The van der Waals surface area contributed by atoms with Gasteiger partial charge in [0.2, 0.25) is 5.43 Å². The van der Waals surface area contributed by atoms with Gasteiger partial charge in [0.15, 0.2) is 5.75 Å². The van der Waals surface area contributed by atoms with Crippen molar-refractivity contribution in [3.8, 4) is 17.0 Å². The van der Waals surface area contributed by atoms with Crippen molar-refractivity contribution in [1.82, 2.24) is 24.6 Å². The third kappa shape index (κ3) is 4.34. The smallest absolute Gasteiger partial charge is 0.419 e. The molecular weight excluding hydrogens is 442 g/mol. The fourth-order valence-electron chi connectivity index (χ4n) is 4.14. The van der Waals surface area contributed by atoms with E-state index in [-0.39, 0.29) is 11.0 Å². The Bertz CT molecular complexity index is 1230. The molecule has 33 heavy (non-hydrogen) atoms. The maximum absolute atomic E-state index is 14.8. The molecule has 1 aromatic carbocycles. The number of alkyl halides is 3. The topological polar surface area (TPSA) is 77.4 Å². The zero-order chi connectivity index (χ0) is 23.9. The molecular formula is C22H25F4N5O2. The first-order valence-corrected chi connectivity index (χ1v) is 10.7. The fourth-order valence-corrected chi connectivity index (χ4v) is 4.14. The van der Waals surface area contributed by atoms with E-state index < -0.39 is 40.0 Å². The number of nitrogens with one attached hydrogen (secondary N) is 1. The Morgan fingerprint density at radius 3 is 2.48 bits per heavy atom. The second-order valence-electron chi connectivity index (χ2n) is 8.23. The van der Waals surface area contributed by atoms with Gasteiger partial charge in [0.05, 0.1) is 28.9 Å². The largest absolute Gasteiger partial charge is 0.503 e. The molecule has 0 aliphatic carbocycles. The number of fused-ring (bicyclic) bond motifs is 1. The van der Waals surface area contributed by atoms with Crippen LogP contribution in [0.5, 0.6) is 5.75 Å². The number of nitrogens with zero attached hydrogens (tertiary/aromatic N) is 4. The van der Waals surface area contributed by atoms with Crippen molar-refractivity contribution in [1.29, 1.82) is 0 Å². The molecule has 1 aliphatic rings.